The summed E-state index contributed by atoms with van der Waals surface area (Å²) in [4.78, 5) is 12.9. The van der Waals surface area contributed by atoms with Gasteiger partial charge in [-0.25, -0.2) is 0 Å². The van der Waals surface area contributed by atoms with Crippen molar-refractivity contribution in [3.05, 3.63) is 108 Å². The van der Waals surface area contributed by atoms with Gasteiger partial charge in [-0.2, -0.15) is 0 Å². The van der Waals surface area contributed by atoms with Crippen molar-refractivity contribution in [2.75, 3.05) is 0 Å². The molecular weight excluding hydrogens is 322 g/mol. The lowest BCUT2D eigenvalue weighted by molar-refractivity contribution is -0.128. The van der Waals surface area contributed by atoms with Crippen LogP contribution < -0.4 is 5.32 Å². The number of carbonyl (C=O) groups excluding carboxylic acids is 1. The summed E-state index contributed by atoms with van der Waals surface area (Å²) >= 11 is 0. The molecule has 0 heterocycles. The smallest absolute Gasteiger partial charge is 0.226 e. The first-order valence-corrected chi connectivity index (χ1v) is 8.82. The molecule has 0 aromatic heterocycles. The van der Waals surface area contributed by atoms with Gasteiger partial charge in [0.05, 0.1) is 12.0 Å². The standard InChI is InChI=1S/C23H23NO2/c25-22(20-14-8-3-9-15-20)21(16-18-10-4-1-5-11-18)23(26)24-17-19-12-6-2-7-13-19/h1-15,21-22,25H,16-17H2,(H,24,26)/t21-,22+/m1/s1. The average Bonchev–Trinajstić information content (AvgIpc) is 2.72. The maximum absolute atomic E-state index is 12.9. The molecule has 1 amide bonds. The second-order valence-electron chi connectivity index (χ2n) is 6.36. The predicted molar refractivity (Wildman–Crippen MR) is 103 cm³/mol. The molecule has 2 N–H and O–H groups in total. The summed E-state index contributed by atoms with van der Waals surface area (Å²) in [6.07, 6.45) is -0.371. The van der Waals surface area contributed by atoms with E-state index in [1.807, 2.05) is 91.0 Å². The largest absolute Gasteiger partial charge is 0.388 e. The minimum atomic E-state index is -0.854. The lowest BCUT2D eigenvalue weighted by atomic mass is 9.89. The third kappa shape index (κ3) is 4.80. The number of rotatable bonds is 7. The van der Waals surface area contributed by atoms with Gasteiger partial charge >= 0.3 is 0 Å². The molecule has 3 aromatic carbocycles. The highest BCUT2D eigenvalue weighted by molar-refractivity contribution is 5.79. The Morgan fingerprint density at radius 3 is 1.85 bits per heavy atom. The molecule has 0 saturated heterocycles. The minimum Gasteiger partial charge on any atom is -0.388 e. The van der Waals surface area contributed by atoms with Crippen LogP contribution in [0.5, 0.6) is 0 Å². The fraction of sp³-hybridized carbons (Fsp3) is 0.174. The van der Waals surface area contributed by atoms with E-state index in [1.54, 1.807) is 0 Å². The van der Waals surface area contributed by atoms with E-state index in [-0.39, 0.29) is 5.91 Å². The molecule has 0 aliphatic heterocycles. The number of nitrogens with one attached hydrogen (secondary N) is 1. The Hall–Kier alpha value is -2.91. The van der Waals surface area contributed by atoms with Gasteiger partial charge in [-0.05, 0) is 23.1 Å². The number of amides is 1. The van der Waals surface area contributed by atoms with E-state index in [1.165, 1.54) is 0 Å². The quantitative estimate of drug-likeness (QED) is 0.682. The molecule has 0 fully saturated rings. The zero-order chi connectivity index (χ0) is 18.2. The summed E-state index contributed by atoms with van der Waals surface area (Å²) in [5.41, 5.74) is 2.82. The van der Waals surface area contributed by atoms with Crippen LogP contribution in [0.1, 0.15) is 22.8 Å². The van der Waals surface area contributed by atoms with Crippen LogP contribution in [-0.2, 0) is 17.8 Å². The van der Waals surface area contributed by atoms with Gasteiger partial charge in [-0.15, -0.1) is 0 Å². The summed E-state index contributed by atoms with van der Waals surface area (Å²) in [7, 11) is 0. The first-order valence-electron chi connectivity index (χ1n) is 8.82. The second-order valence-corrected chi connectivity index (χ2v) is 6.36. The van der Waals surface area contributed by atoms with Gasteiger partial charge in [0, 0.05) is 6.54 Å². The zero-order valence-corrected chi connectivity index (χ0v) is 14.6. The van der Waals surface area contributed by atoms with Crippen LogP contribution in [0.25, 0.3) is 0 Å². The third-order valence-electron chi connectivity index (χ3n) is 4.47. The number of hydrogen-bond donors (Lipinski definition) is 2. The van der Waals surface area contributed by atoms with E-state index in [0.29, 0.717) is 13.0 Å². The monoisotopic (exact) mass is 345 g/mol. The number of hydrogen-bond acceptors (Lipinski definition) is 2. The Bertz CT molecular complexity index is 803. The minimum absolute atomic E-state index is 0.144. The van der Waals surface area contributed by atoms with Crippen LogP contribution >= 0.6 is 0 Å². The van der Waals surface area contributed by atoms with Crippen molar-refractivity contribution < 1.29 is 9.90 Å². The first kappa shape index (κ1) is 17.9. The summed E-state index contributed by atoms with van der Waals surface area (Å²) < 4.78 is 0. The molecule has 3 rings (SSSR count). The molecule has 26 heavy (non-hydrogen) atoms. The Labute approximate surface area is 154 Å². The van der Waals surface area contributed by atoms with Gasteiger partial charge in [0.2, 0.25) is 5.91 Å². The Morgan fingerprint density at radius 1 is 0.769 bits per heavy atom. The summed E-state index contributed by atoms with van der Waals surface area (Å²) in [5.74, 6) is -0.697. The molecule has 0 aliphatic carbocycles. The number of aliphatic hydroxyl groups excluding tert-OH is 1. The zero-order valence-electron chi connectivity index (χ0n) is 14.6. The van der Waals surface area contributed by atoms with Gasteiger partial charge in [0.1, 0.15) is 0 Å². The number of carbonyl (C=O) groups is 1. The molecule has 0 saturated carbocycles. The van der Waals surface area contributed by atoms with Crippen LogP contribution in [0.2, 0.25) is 0 Å². The van der Waals surface area contributed by atoms with E-state index in [4.69, 9.17) is 0 Å². The van der Waals surface area contributed by atoms with E-state index in [2.05, 4.69) is 5.32 Å². The average molecular weight is 345 g/mol. The highest BCUT2D eigenvalue weighted by Crippen LogP contribution is 2.25. The van der Waals surface area contributed by atoms with Gasteiger partial charge in [0.25, 0.3) is 0 Å². The van der Waals surface area contributed by atoms with Gasteiger partial charge < -0.3 is 10.4 Å². The van der Waals surface area contributed by atoms with Crippen molar-refractivity contribution >= 4 is 5.91 Å². The summed E-state index contributed by atoms with van der Waals surface area (Å²) in [6, 6.07) is 28.9. The number of aliphatic hydroxyl groups is 1. The molecule has 2 atom stereocenters. The summed E-state index contributed by atoms with van der Waals surface area (Å²) in [5, 5.41) is 13.8. The molecule has 0 spiro atoms. The highest BCUT2D eigenvalue weighted by Gasteiger charge is 2.28. The molecule has 132 valence electrons. The van der Waals surface area contributed by atoms with Crippen LogP contribution in [0.4, 0.5) is 0 Å². The fourth-order valence-corrected chi connectivity index (χ4v) is 3.01. The van der Waals surface area contributed by atoms with Crippen molar-refractivity contribution in [2.24, 2.45) is 5.92 Å². The molecular formula is C23H23NO2. The molecule has 0 unspecified atom stereocenters. The van der Waals surface area contributed by atoms with Gasteiger partial charge in [-0.1, -0.05) is 91.0 Å². The van der Waals surface area contributed by atoms with E-state index in [0.717, 1.165) is 16.7 Å². The van der Waals surface area contributed by atoms with E-state index in [9.17, 15) is 9.90 Å². The topological polar surface area (TPSA) is 49.3 Å². The lowest BCUT2D eigenvalue weighted by Gasteiger charge is -2.23. The summed E-state index contributed by atoms with van der Waals surface area (Å²) in [6.45, 7) is 0.451. The fourth-order valence-electron chi connectivity index (χ4n) is 3.01. The Kier molecular flexibility index (Phi) is 6.18. The third-order valence-corrected chi connectivity index (χ3v) is 4.47. The van der Waals surface area contributed by atoms with Crippen LogP contribution in [0.15, 0.2) is 91.0 Å². The van der Waals surface area contributed by atoms with Crippen LogP contribution in [0, 0.1) is 5.92 Å². The molecule has 3 aromatic rings. The molecule has 3 nitrogen and oxygen atoms in total. The molecule has 0 bridgehead atoms. The Morgan fingerprint density at radius 2 is 1.27 bits per heavy atom. The van der Waals surface area contributed by atoms with Crippen molar-refractivity contribution in [2.45, 2.75) is 19.1 Å². The highest BCUT2D eigenvalue weighted by atomic mass is 16.3. The van der Waals surface area contributed by atoms with Gasteiger partial charge in [-0.3, -0.25) is 4.79 Å². The SMILES string of the molecule is O=C(NCc1ccccc1)[C@H](Cc1ccccc1)[C@@H](O)c1ccccc1. The van der Waals surface area contributed by atoms with Gasteiger partial charge in [0.15, 0.2) is 0 Å². The van der Waals surface area contributed by atoms with Crippen molar-refractivity contribution in [1.29, 1.82) is 0 Å². The van der Waals surface area contributed by atoms with Crippen LogP contribution in [-0.4, -0.2) is 11.0 Å². The molecule has 0 aliphatic rings. The maximum Gasteiger partial charge on any atom is 0.226 e. The predicted octanol–water partition coefficient (Wildman–Crippen LogP) is 3.90. The second kappa shape index (κ2) is 8.97. The number of benzene rings is 3. The lowest BCUT2D eigenvalue weighted by Crippen LogP contribution is -2.35. The maximum atomic E-state index is 12.9. The van der Waals surface area contributed by atoms with E-state index < -0.39 is 12.0 Å². The van der Waals surface area contributed by atoms with E-state index >= 15 is 0 Å². The molecule has 3 heteroatoms. The van der Waals surface area contributed by atoms with Crippen LogP contribution in [0.3, 0.4) is 0 Å². The molecule has 0 radical (unpaired) electrons. The van der Waals surface area contributed by atoms with Crippen molar-refractivity contribution in [3.63, 3.8) is 0 Å². The Balaban J connectivity index is 1.76. The normalized spacial score (nSPS) is 13.0. The first-order chi connectivity index (χ1) is 12.7. The van der Waals surface area contributed by atoms with Crippen molar-refractivity contribution in [1.82, 2.24) is 5.32 Å². The van der Waals surface area contributed by atoms with Crippen molar-refractivity contribution in [3.8, 4) is 0 Å².